The van der Waals surface area contributed by atoms with Gasteiger partial charge in [0, 0.05) is 12.5 Å². The van der Waals surface area contributed by atoms with E-state index in [9.17, 15) is 9.90 Å². The predicted octanol–water partition coefficient (Wildman–Crippen LogP) is 2.73. The molecule has 2 aliphatic carbocycles. The lowest BCUT2D eigenvalue weighted by Gasteiger charge is -2.32. The summed E-state index contributed by atoms with van der Waals surface area (Å²) in [5.74, 6) is 1.48. The fraction of sp³-hybridized carbons (Fsp3) is 0.579. The number of amides is 1. The van der Waals surface area contributed by atoms with Crippen LogP contribution in [-0.2, 0) is 11.3 Å². The molecule has 4 rings (SSSR count). The minimum atomic E-state index is -0.718. The van der Waals surface area contributed by atoms with Crippen LogP contribution in [0.15, 0.2) is 24.3 Å². The summed E-state index contributed by atoms with van der Waals surface area (Å²) < 4.78 is 2.05. The molecule has 1 amide bonds. The Morgan fingerprint density at radius 3 is 2.75 bits per heavy atom. The van der Waals surface area contributed by atoms with E-state index < -0.39 is 5.60 Å². The number of nitrogens with zero attached hydrogens (tertiary/aromatic N) is 2. The third-order valence-corrected chi connectivity index (χ3v) is 5.33. The van der Waals surface area contributed by atoms with Crippen LogP contribution in [0.2, 0.25) is 0 Å². The Morgan fingerprint density at radius 1 is 1.25 bits per heavy atom. The summed E-state index contributed by atoms with van der Waals surface area (Å²) in [6.07, 6.45) is 7.16. The Balaban J connectivity index is 1.47. The van der Waals surface area contributed by atoms with Gasteiger partial charge in [0.2, 0.25) is 5.91 Å². The summed E-state index contributed by atoms with van der Waals surface area (Å²) >= 11 is 0. The van der Waals surface area contributed by atoms with Gasteiger partial charge in [-0.25, -0.2) is 4.98 Å². The van der Waals surface area contributed by atoms with Crippen molar-refractivity contribution in [2.24, 2.45) is 0 Å². The van der Waals surface area contributed by atoms with Gasteiger partial charge in [-0.05, 0) is 37.8 Å². The first-order chi connectivity index (χ1) is 11.6. The highest BCUT2D eigenvalue weighted by atomic mass is 16.3. The van der Waals surface area contributed by atoms with Gasteiger partial charge in [0.1, 0.15) is 12.4 Å². The highest BCUT2D eigenvalue weighted by Crippen LogP contribution is 2.40. The summed E-state index contributed by atoms with van der Waals surface area (Å²) in [6, 6.07) is 7.99. The van der Waals surface area contributed by atoms with Crippen molar-refractivity contribution in [3.05, 3.63) is 30.1 Å². The van der Waals surface area contributed by atoms with Gasteiger partial charge in [-0.3, -0.25) is 4.79 Å². The SMILES string of the molecule is O=C(Cn1c(C2CC2)nc2ccccc21)NCC1(O)CCCCC1. The van der Waals surface area contributed by atoms with Crippen LogP contribution in [0.3, 0.4) is 0 Å². The van der Waals surface area contributed by atoms with Crippen LogP contribution in [0.4, 0.5) is 0 Å². The summed E-state index contributed by atoms with van der Waals surface area (Å²) in [7, 11) is 0. The minimum absolute atomic E-state index is 0.0425. The smallest absolute Gasteiger partial charge is 0.240 e. The van der Waals surface area contributed by atoms with Crippen molar-refractivity contribution in [1.82, 2.24) is 14.9 Å². The Labute approximate surface area is 142 Å². The fourth-order valence-electron chi connectivity index (χ4n) is 3.76. The number of carbonyl (C=O) groups excluding carboxylic acids is 1. The van der Waals surface area contributed by atoms with Gasteiger partial charge in [-0.15, -0.1) is 0 Å². The molecule has 0 bridgehead atoms. The van der Waals surface area contributed by atoms with Crippen molar-refractivity contribution in [3.8, 4) is 0 Å². The van der Waals surface area contributed by atoms with Crippen LogP contribution in [0.1, 0.15) is 56.7 Å². The topological polar surface area (TPSA) is 67.2 Å². The van der Waals surface area contributed by atoms with E-state index in [2.05, 4.69) is 5.32 Å². The predicted molar refractivity (Wildman–Crippen MR) is 92.8 cm³/mol. The highest BCUT2D eigenvalue weighted by molar-refractivity contribution is 5.81. The number of aliphatic hydroxyl groups is 1. The maximum absolute atomic E-state index is 12.5. The van der Waals surface area contributed by atoms with Crippen LogP contribution in [0.25, 0.3) is 11.0 Å². The van der Waals surface area contributed by atoms with Crippen molar-refractivity contribution in [2.45, 2.75) is 63.0 Å². The monoisotopic (exact) mass is 327 g/mol. The molecule has 0 saturated heterocycles. The van der Waals surface area contributed by atoms with E-state index in [-0.39, 0.29) is 12.5 Å². The van der Waals surface area contributed by atoms with Crippen molar-refractivity contribution < 1.29 is 9.90 Å². The fourth-order valence-corrected chi connectivity index (χ4v) is 3.76. The van der Waals surface area contributed by atoms with E-state index in [1.807, 2.05) is 28.8 Å². The third kappa shape index (κ3) is 3.18. The molecule has 128 valence electrons. The molecule has 2 saturated carbocycles. The first kappa shape index (κ1) is 15.6. The zero-order valence-corrected chi connectivity index (χ0v) is 14.0. The van der Waals surface area contributed by atoms with Crippen molar-refractivity contribution in [1.29, 1.82) is 0 Å². The molecular formula is C19H25N3O2. The van der Waals surface area contributed by atoms with E-state index in [0.29, 0.717) is 12.5 Å². The van der Waals surface area contributed by atoms with E-state index >= 15 is 0 Å². The first-order valence-corrected chi connectivity index (χ1v) is 9.09. The number of hydrogen-bond donors (Lipinski definition) is 2. The molecule has 2 N–H and O–H groups in total. The Bertz CT molecular complexity index is 742. The van der Waals surface area contributed by atoms with Gasteiger partial charge in [0.05, 0.1) is 16.6 Å². The van der Waals surface area contributed by atoms with E-state index in [1.54, 1.807) is 0 Å². The van der Waals surface area contributed by atoms with Gasteiger partial charge in [0.15, 0.2) is 0 Å². The Hall–Kier alpha value is -1.88. The van der Waals surface area contributed by atoms with Crippen molar-refractivity contribution in [2.75, 3.05) is 6.54 Å². The first-order valence-electron chi connectivity index (χ1n) is 9.09. The number of imidazole rings is 1. The lowest BCUT2D eigenvalue weighted by Crippen LogP contribution is -2.45. The largest absolute Gasteiger partial charge is 0.388 e. The molecule has 1 aromatic heterocycles. The summed E-state index contributed by atoms with van der Waals surface area (Å²) in [4.78, 5) is 17.2. The van der Waals surface area contributed by atoms with Crippen LogP contribution in [0, 0.1) is 0 Å². The summed E-state index contributed by atoms with van der Waals surface area (Å²) in [5, 5.41) is 13.5. The molecule has 1 aromatic carbocycles. The molecule has 1 heterocycles. The molecule has 24 heavy (non-hydrogen) atoms. The van der Waals surface area contributed by atoms with Gasteiger partial charge in [0.25, 0.3) is 0 Å². The van der Waals surface area contributed by atoms with E-state index in [4.69, 9.17) is 4.98 Å². The zero-order chi connectivity index (χ0) is 16.6. The molecule has 0 aliphatic heterocycles. The Kier molecular flexibility index (Phi) is 4.04. The lowest BCUT2D eigenvalue weighted by atomic mass is 9.85. The number of hydrogen-bond acceptors (Lipinski definition) is 3. The summed E-state index contributed by atoms with van der Waals surface area (Å²) in [5.41, 5.74) is 1.26. The van der Waals surface area contributed by atoms with Crippen LogP contribution < -0.4 is 5.32 Å². The number of rotatable bonds is 5. The molecule has 0 radical (unpaired) electrons. The molecule has 5 nitrogen and oxygen atoms in total. The average molecular weight is 327 g/mol. The molecule has 0 unspecified atom stereocenters. The maximum Gasteiger partial charge on any atom is 0.240 e. The molecule has 2 fully saturated rings. The number of para-hydroxylation sites is 2. The maximum atomic E-state index is 12.5. The molecule has 5 heteroatoms. The van der Waals surface area contributed by atoms with Gasteiger partial charge in [-0.1, -0.05) is 31.4 Å². The highest BCUT2D eigenvalue weighted by Gasteiger charge is 2.31. The molecule has 2 aromatic rings. The van der Waals surface area contributed by atoms with Crippen molar-refractivity contribution >= 4 is 16.9 Å². The number of benzene rings is 1. The zero-order valence-electron chi connectivity index (χ0n) is 14.0. The van der Waals surface area contributed by atoms with Crippen LogP contribution in [-0.4, -0.2) is 32.7 Å². The van der Waals surface area contributed by atoms with Crippen LogP contribution >= 0.6 is 0 Å². The number of carbonyl (C=O) groups is 1. The quantitative estimate of drug-likeness (QED) is 0.887. The van der Waals surface area contributed by atoms with Crippen LogP contribution in [0.5, 0.6) is 0 Å². The lowest BCUT2D eigenvalue weighted by molar-refractivity contribution is -0.123. The molecule has 0 atom stereocenters. The average Bonchev–Trinajstić information content (AvgIpc) is 3.37. The van der Waals surface area contributed by atoms with Gasteiger partial charge in [-0.2, -0.15) is 0 Å². The number of nitrogens with one attached hydrogen (secondary N) is 1. The second-order valence-electron chi connectivity index (χ2n) is 7.38. The minimum Gasteiger partial charge on any atom is -0.388 e. The number of aromatic nitrogens is 2. The normalized spacial score (nSPS) is 20.2. The number of fused-ring (bicyclic) bond motifs is 1. The third-order valence-electron chi connectivity index (χ3n) is 5.33. The molecular weight excluding hydrogens is 302 g/mol. The standard InChI is InChI=1S/C19H25N3O2/c23-17(20-13-19(24)10-4-1-5-11-19)12-22-16-7-3-2-6-15(16)21-18(22)14-8-9-14/h2-3,6-7,14,24H,1,4-5,8-13H2,(H,20,23). The van der Waals surface area contributed by atoms with Gasteiger partial charge >= 0.3 is 0 Å². The second-order valence-corrected chi connectivity index (χ2v) is 7.38. The Morgan fingerprint density at radius 2 is 2.00 bits per heavy atom. The van der Waals surface area contributed by atoms with E-state index in [0.717, 1.165) is 55.4 Å². The second kappa shape index (κ2) is 6.20. The summed E-state index contributed by atoms with van der Waals surface area (Å²) in [6.45, 7) is 0.639. The van der Waals surface area contributed by atoms with E-state index in [1.165, 1.54) is 6.42 Å². The van der Waals surface area contributed by atoms with Gasteiger partial charge < -0.3 is 15.0 Å². The molecule has 0 spiro atoms. The van der Waals surface area contributed by atoms with Crippen molar-refractivity contribution in [3.63, 3.8) is 0 Å². The molecule has 2 aliphatic rings.